The van der Waals surface area contributed by atoms with E-state index in [0.717, 1.165) is 22.2 Å². The number of aromatic nitrogens is 4. The zero-order chi connectivity index (χ0) is 15.8. The Morgan fingerprint density at radius 3 is 2.26 bits per heavy atom. The quantitative estimate of drug-likeness (QED) is 0.585. The van der Waals surface area contributed by atoms with E-state index in [1.54, 1.807) is 0 Å². The fourth-order valence-corrected chi connectivity index (χ4v) is 2.90. The second-order valence-corrected chi connectivity index (χ2v) is 5.77. The van der Waals surface area contributed by atoms with Crippen LogP contribution in [0.15, 0.2) is 54.6 Å². The monoisotopic (exact) mass is 320 g/mol. The zero-order valence-electron chi connectivity index (χ0n) is 12.4. The fraction of sp³-hybridized carbons (Fsp3) is 0.0556. The first-order valence-electron chi connectivity index (χ1n) is 7.27. The molecule has 0 amide bonds. The van der Waals surface area contributed by atoms with Crippen molar-refractivity contribution in [3.63, 3.8) is 0 Å². The first-order chi connectivity index (χ1) is 11.2. The molecule has 0 radical (unpaired) electrons. The van der Waals surface area contributed by atoms with E-state index in [1.807, 2.05) is 42.5 Å². The number of halogens is 1. The van der Waals surface area contributed by atoms with Gasteiger partial charge in [-0.2, -0.15) is 5.10 Å². The number of nitrogens with one attached hydrogen (secondary N) is 1. The number of hydrogen-bond donors (Lipinski definition) is 1. The summed E-state index contributed by atoms with van der Waals surface area (Å²) in [5.74, 6) is 0. The fourth-order valence-electron chi connectivity index (χ4n) is 2.58. The smallest absolute Gasteiger partial charge is 0.180 e. The van der Waals surface area contributed by atoms with E-state index in [0.29, 0.717) is 16.4 Å². The van der Waals surface area contributed by atoms with Gasteiger partial charge in [-0.25, -0.2) is 0 Å². The molecule has 0 aliphatic heterocycles. The van der Waals surface area contributed by atoms with Crippen LogP contribution in [-0.4, -0.2) is 20.4 Å². The van der Waals surface area contributed by atoms with Crippen LogP contribution in [0.2, 0.25) is 5.02 Å². The summed E-state index contributed by atoms with van der Waals surface area (Å²) in [5, 5.41) is 17.1. The minimum absolute atomic E-state index is 0.561. The van der Waals surface area contributed by atoms with Gasteiger partial charge in [-0.1, -0.05) is 71.8 Å². The molecule has 0 aliphatic rings. The Morgan fingerprint density at radius 1 is 0.826 bits per heavy atom. The summed E-state index contributed by atoms with van der Waals surface area (Å²) in [6.45, 7) is 2.05. The summed E-state index contributed by atoms with van der Waals surface area (Å²) in [7, 11) is 0. The largest absolute Gasteiger partial charge is 0.259 e. The molecule has 4 aromatic rings. The van der Waals surface area contributed by atoms with Crippen molar-refractivity contribution in [1.82, 2.24) is 20.4 Å². The number of aryl methyl sites for hydroxylation is 1. The number of nitrogens with zero attached hydrogens (tertiary/aromatic N) is 3. The highest BCUT2D eigenvalue weighted by Crippen LogP contribution is 2.36. The third-order valence-electron chi connectivity index (χ3n) is 3.80. The predicted molar refractivity (Wildman–Crippen MR) is 92.3 cm³/mol. The topological polar surface area (TPSA) is 54.5 Å². The van der Waals surface area contributed by atoms with E-state index in [4.69, 9.17) is 11.6 Å². The molecule has 2 aromatic heterocycles. The van der Waals surface area contributed by atoms with Crippen LogP contribution < -0.4 is 0 Å². The Hall–Kier alpha value is -2.72. The summed E-state index contributed by atoms with van der Waals surface area (Å²) in [6.07, 6.45) is 0. The van der Waals surface area contributed by atoms with Gasteiger partial charge in [-0.05, 0) is 6.92 Å². The van der Waals surface area contributed by atoms with Crippen LogP contribution >= 0.6 is 11.6 Å². The molecule has 2 aromatic carbocycles. The summed E-state index contributed by atoms with van der Waals surface area (Å²) in [5.41, 5.74) is 5.17. The first-order valence-corrected chi connectivity index (χ1v) is 7.64. The average molecular weight is 321 g/mol. The van der Waals surface area contributed by atoms with Crippen molar-refractivity contribution >= 4 is 22.6 Å². The normalized spacial score (nSPS) is 11.0. The van der Waals surface area contributed by atoms with E-state index in [-0.39, 0.29) is 0 Å². The molecule has 5 heteroatoms. The Labute approximate surface area is 138 Å². The molecule has 0 saturated carbocycles. The molecule has 4 rings (SSSR count). The van der Waals surface area contributed by atoms with Gasteiger partial charge >= 0.3 is 0 Å². The third kappa shape index (κ3) is 2.37. The Kier molecular flexibility index (Phi) is 3.32. The lowest BCUT2D eigenvalue weighted by molar-refractivity contribution is 1.03. The van der Waals surface area contributed by atoms with Crippen molar-refractivity contribution in [2.75, 3.05) is 0 Å². The van der Waals surface area contributed by atoms with E-state index >= 15 is 0 Å². The maximum atomic E-state index is 6.64. The summed E-state index contributed by atoms with van der Waals surface area (Å²) < 4.78 is 0. The number of aromatic amines is 1. The van der Waals surface area contributed by atoms with Crippen molar-refractivity contribution < 1.29 is 0 Å². The number of benzene rings is 2. The van der Waals surface area contributed by atoms with E-state index in [9.17, 15) is 0 Å². The van der Waals surface area contributed by atoms with E-state index in [2.05, 4.69) is 39.5 Å². The standard InChI is InChI=1S/C18H13ClN4/c1-11-7-9-13(10-8-11)16-14-15(19)17(12-5-3-2-4-6-12)21-23-18(14)22-20-16/h2-10H,1H3,(H,20,22,23). The Bertz CT molecular complexity index is 975. The third-order valence-corrected chi connectivity index (χ3v) is 4.16. The average Bonchev–Trinajstić information content (AvgIpc) is 3.02. The lowest BCUT2D eigenvalue weighted by Crippen LogP contribution is -1.91. The second-order valence-electron chi connectivity index (χ2n) is 5.39. The number of H-pyrrole nitrogens is 1. The summed E-state index contributed by atoms with van der Waals surface area (Å²) in [4.78, 5) is 0. The molecule has 112 valence electrons. The Balaban J connectivity index is 1.96. The van der Waals surface area contributed by atoms with Crippen molar-refractivity contribution in [2.45, 2.75) is 6.92 Å². The summed E-state index contributed by atoms with van der Waals surface area (Å²) in [6, 6.07) is 18.0. The van der Waals surface area contributed by atoms with Crippen molar-refractivity contribution in [3.05, 3.63) is 65.2 Å². The van der Waals surface area contributed by atoms with Gasteiger partial charge in [0.1, 0.15) is 11.4 Å². The molecule has 1 N–H and O–H groups in total. The minimum atomic E-state index is 0.561. The van der Waals surface area contributed by atoms with Crippen molar-refractivity contribution in [3.8, 4) is 22.5 Å². The van der Waals surface area contributed by atoms with Gasteiger partial charge in [-0.15, -0.1) is 10.2 Å². The summed E-state index contributed by atoms with van der Waals surface area (Å²) >= 11 is 6.64. The molecule has 0 bridgehead atoms. The van der Waals surface area contributed by atoms with Crippen LogP contribution in [0.1, 0.15) is 5.56 Å². The van der Waals surface area contributed by atoms with Gasteiger partial charge in [-0.3, -0.25) is 5.10 Å². The minimum Gasteiger partial charge on any atom is -0.259 e. The van der Waals surface area contributed by atoms with Gasteiger partial charge < -0.3 is 0 Å². The molecule has 23 heavy (non-hydrogen) atoms. The lowest BCUT2D eigenvalue weighted by Gasteiger charge is -2.05. The predicted octanol–water partition coefficient (Wildman–Crippen LogP) is 4.65. The first kappa shape index (κ1) is 13.9. The molecule has 0 saturated heterocycles. The van der Waals surface area contributed by atoms with Crippen LogP contribution in [0, 0.1) is 6.92 Å². The number of rotatable bonds is 2. The van der Waals surface area contributed by atoms with Gasteiger partial charge in [0.2, 0.25) is 0 Å². The van der Waals surface area contributed by atoms with Gasteiger partial charge in [0, 0.05) is 11.1 Å². The van der Waals surface area contributed by atoms with Gasteiger partial charge in [0.15, 0.2) is 5.65 Å². The molecule has 0 spiro atoms. The van der Waals surface area contributed by atoms with Crippen LogP contribution in [0.4, 0.5) is 0 Å². The molecule has 0 unspecified atom stereocenters. The molecule has 0 atom stereocenters. The van der Waals surface area contributed by atoms with Gasteiger partial charge in [0.05, 0.1) is 10.4 Å². The number of fused-ring (bicyclic) bond motifs is 1. The van der Waals surface area contributed by atoms with Crippen LogP contribution in [0.25, 0.3) is 33.5 Å². The second kappa shape index (κ2) is 5.48. The SMILES string of the molecule is Cc1ccc(-c2n[nH]c3nnc(-c4ccccc4)c(Cl)c23)cc1. The Morgan fingerprint density at radius 2 is 1.52 bits per heavy atom. The van der Waals surface area contributed by atoms with E-state index in [1.165, 1.54) is 5.56 Å². The van der Waals surface area contributed by atoms with Crippen molar-refractivity contribution in [1.29, 1.82) is 0 Å². The van der Waals surface area contributed by atoms with E-state index < -0.39 is 0 Å². The highest BCUT2D eigenvalue weighted by molar-refractivity contribution is 6.38. The highest BCUT2D eigenvalue weighted by Gasteiger charge is 2.17. The van der Waals surface area contributed by atoms with Crippen molar-refractivity contribution in [2.24, 2.45) is 0 Å². The maximum Gasteiger partial charge on any atom is 0.180 e. The molecule has 2 heterocycles. The maximum absolute atomic E-state index is 6.64. The van der Waals surface area contributed by atoms with Crippen LogP contribution in [0.5, 0.6) is 0 Å². The number of hydrogen-bond acceptors (Lipinski definition) is 3. The highest BCUT2D eigenvalue weighted by atomic mass is 35.5. The lowest BCUT2D eigenvalue weighted by atomic mass is 10.1. The zero-order valence-corrected chi connectivity index (χ0v) is 13.2. The van der Waals surface area contributed by atoms with Gasteiger partial charge in [0.25, 0.3) is 0 Å². The molecular weight excluding hydrogens is 308 g/mol. The molecule has 4 nitrogen and oxygen atoms in total. The molecular formula is C18H13ClN4. The molecule has 0 aliphatic carbocycles. The van der Waals surface area contributed by atoms with Crippen LogP contribution in [-0.2, 0) is 0 Å². The molecule has 0 fully saturated rings. The van der Waals surface area contributed by atoms with Crippen LogP contribution in [0.3, 0.4) is 0 Å².